The highest BCUT2D eigenvalue weighted by Gasteiger charge is 2.54. The summed E-state index contributed by atoms with van der Waals surface area (Å²) in [7, 11) is 1.27. The number of carbonyl (C=O) groups excluding carboxylic acids is 4. The van der Waals surface area contributed by atoms with E-state index in [0.29, 0.717) is 23.4 Å². The fourth-order valence-corrected chi connectivity index (χ4v) is 7.07. The van der Waals surface area contributed by atoms with Crippen LogP contribution in [0.15, 0.2) is 107 Å². The third kappa shape index (κ3) is 6.86. The number of thioether (sulfide) groups is 1. The molecule has 1 fully saturated rings. The molecule has 2 aromatic carbocycles. The second kappa shape index (κ2) is 14.8. The molecule has 2 aromatic heterocycles. The monoisotopic (exact) mass is 681 g/mol. The number of anilines is 1. The molecule has 4 heterocycles. The van der Waals surface area contributed by atoms with Gasteiger partial charge in [-0.2, -0.15) is 10.2 Å². The summed E-state index contributed by atoms with van der Waals surface area (Å²) in [5.74, 6) is -1.59. The van der Waals surface area contributed by atoms with E-state index in [9.17, 15) is 19.2 Å². The molecule has 0 radical (unpaired) electrons. The van der Waals surface area contributed by atoms with Gasteiger partial charge in [-0.1, -0.05) is 71.9 Å². The Morgan fingerprint density at radius 1 is 1.04 bits per heavy atom. The lowest BCUT2D eigenvalue weighted by Gasteiger charge is -2.49. The molecule has 2 atom stereocenters. The number of hydrogen-bond donors (Lipinski definition) is 2. The van der Waals surface area contributed by atoms with Gasteiger partial charge in [0.25, 0.3) is 11.8 Å². The van der Waals surface area contributed by atoms with Crippen molar-refractivity contribution in [3.8, 4) is 0 Å². The van der Waals surface area contributed by atoms with Crippen molar-refractivity contribution in [1.29, 1.82) is 0 Å². The number of hydrogen-bond acceptors (Lipinski definition) is 12. The van der Waals surface area contributed by atoms with Crippen LogP contribution < -0.4 is 10.6 Å². The van der Waals surface area contributed by atoms with E-state index in [-0.39, 0.29) is 22.2 Å². The van der Waals surface area contributed by atoms with E-state index in [1.165, 1.54) is 29.2 Å². The number of β-lactam (4-membered cyclic amide) rings is 1. The van der Waals surface area contributed by atoms with Crippen LogP contribution in [0.1, 0.15) is 28.6 Å². The maximum atomic E-state index is 14.2. The number of rotatable bonds is 12. The van der Waals surface area contributed by atoms with E-state index in [1.807, 2.05) is 60.7 Å². The SMILES string of the molecule is CO/N=C(/C(=O)NC1C(=O)N2C(C(=O)OC(c3ccccc3)c3ccccc3)=C(/C=C/c3cccnn3)CS[C@H]12)c1csc(NC=O)n1. The Kier molecular flexibility index (Phi) is 9.97. The largest absolute Gasteiger partial charge is 0.448 e. The van der Waals surface area contributed by atoms with Crippen LogP contribution in [0.3, 0.4) is 0 Å². The molecule has 3 amide bonds. The number of oxime groups is 1. The molecule has 0 aliphatic carbocycles. The van der Waals surface area contributed by atoms with Gasteiger partial charge >= 0.3 is 5.97 Å². The number of aromatic nitrogens is 3. The summed E-state index contributed by atoms with van der Waals surface area (Å²) in [6.45, 7) is 0. The highest BCUT2D eigenvalue weighted by molar-refractivity contribution is 8.00. The zero-order valence-corrected chi connectivity index (χ0v) is 26.9. The van der Waals surface area contributed by atoms with Gasteiger partial charge in [0.2, 0.25) is 6.41 Å². The van der Waals surface area contributed by atoms with Gasteiger partial charge < -0.3 is 20.2 Å². The minimum atomic E-state index is -0.983. The van der Waals surface area contributed by atoms with E-state index < -0.39 is 35.3 Å². The predicted octanol–water partition coefficient (Wildman–Crippen LogP) is 3.55. The molecule has 15 heteroatoms. The zero-order valence-electron chi connectivity index (χ0n) is 25.3. The number of nitrogens with zero attached hydrogens (tertiary/aromatic N) is 5. The van der Waals surface area contributed by atoms with Crippen LogP contribution in [-0.4, -0.2) is 74.3 Å². The van der Waals surface area contributed by atoms with Crippen LogP contribution in [0.25, 0.3) is 6.08 Å². The second-order valence-corrected chi connectivity index (χ2v) is 12.2. The van der Waals surface area contributed by atoms with Gasteiger partial charge in [0.15, 0.2) is 16.9 Å². The summed E-state index contributed by atoms with van der Waals surface area (Å²) in [5.41, 5.74) is 2.66. The molecule has 1 saturated heterocycles. The third-order valence-electron chi connectivity index (χ3n) is 7.28. The predicted molar refractivity (Wildman–Crippen MR) is 179 cm³/mol. The van der Waals surface area contributed by atoms with Crippen molar-refractivity contribution in [2.24, 2.45) is 5.16 Å². The first kappa shape index (κ1) is 32.3. The number of allylic oxidation sites excluding steroid dienone is 1. The lowest BCUT2D eigenvalue weighted by molar-refractivity contribution is -0.154. The van der Waals surface area contributed by atoms with Crippen molar-refractivity contribution in [3.63, 3.8) is 0 Å². The van der Waals surface area contributed by atoms with Crippen LogP contribution in [0.5, 0.6) is 0 Å². The smallest absolute Gasteiger partial charge is 0.356 e. The number of benzene rings is 2. The first-order valence-electron chi connectivity index (χ1n) is 14.5. The number of thiazole rings is 1. The average Bonchev–Trinajstić information content (AvgIpc) is 3.59. The lowest BCUT2D eigenvalue weighted by atomic mass is 10.00. The van der Waals surface area contributed by atoms with E-state index in [0.717, 1.165) is 22.5 Å². The number of amides is 3. The standard InChI is InChI=1S/C33H27N7O6S2/c1-45-39-25(24-18-48-33(36-24)34-19-41)29(42)37-26-30(43)40-27(22(17-47-31(26)40)14-15-23-13-8-16-35-38-23)32(44)46-28(20-9-4-2-5-10-20)21-11-6-3-7-12-21/h2-16,18-19,26,28,31H,17H2,1H3,(H,37,42)(H,34,36,41)/b15-14+,39-25+/t26?,31-/m1/s1. The maximum absolute atomic E-state index is 14.2. The lowest BCUT2D eigenvalue weighted by Crippen LogP contribution is -2.71. The summed E-state index contributed by atoms with van der Waals surface area (Å²) >= 11 is 2.47. The molecule has 2 aliphatic rings. The topological polar surface area (TPSA) is 165 Å². The summed E-state index contributed by atoms with van der Waals surface area (Å²) in [5, 5.41) is 18.1. The van der Waals surface area contributed by atoms with Crippen LogP contribution in [-0.2, 0) is 28.8 Å². The van der Waals surface area contributed by atoms with Crippen LogP contribution in [0.4, 0.5) is 5.13 Å². The van der Waals surface area contributed by atoms with Crippen molar-refractivity contribution in [1.82, 2.24) is 25.4 Å². The Balaban J connectivity index is 1.29. The van der Waals surface area contributed by atoms with Crippen molar-refractivity contribution in [2.45, 2.75) is 17.5 Å². The first-order valence-corrected chi connectivity index (χ1v) is 16.4. The number of fused-ring (bicyclic) bond motifs is 1. The Morgan fingerprint density at radius 2 is 1.77 bits per heavy atom. The molecular weight excluding hydrogens is 655 g/mol. The Hall–Kier alpha value is -5.67. The van der Waals surface area contributed by atoms with Crippen LogP contribution in [0, 0.1) is 0 Å². The van der Waals surface area contributed by atoms with Gasteiger partial charge in [-0.05, 0) is 34.9 Å². The van der Waals surface area contributed by atoms with Crippen molar-refractivity contribution >= 4 is 64.2 Å². The van der Waals surface area contributed by atoms with E-state index in [1.54, 1.807) is 30.5 Å². The average molecular weight is 682 g/mol. The molecule has 1 unspecified atom stereocenters. The minimum Gasteiger partial charge on any atom is -0.448 e. The fourth-order valence-electron chi connectivity index (χ4n) is 5.10. The molecule has 13 nitrogen and oxygen atoms in total. The van der Waals surface area contributed by atoms with Crippen molar-refractivity contribution in [3.05, 3.63) is 124 Å². The number of esters is 1. The molecule has 0 bridgehead atoms. The minimum absolute atomic E-state index is 0.0705. The second-order valence-electron chi connectivity index (χ2n) is 10.2. The quantitative estimate of drug-likeness (QED) is 0.0743. The maximum Gasteiger partial charge on any atom is 0.356 e. The van der Waals surface area contributed by atoms with E-state index in [2.05, 4.69) is 31.0 Å². The molecule has 2 aliphatic heterocycles. The summed E-state index contributed by atoms with van der Waals surface area (Å²) in [6, 6.07) is 21.2. The van der Waals surface area contributed by atoms with Gasteiger partial charge in [0.05, 0.1) is 5.69 Å². The van der Waals surface area contributed by atoms with Crippen molar-refractivity contribution < 1.29 is 28.8 Å². The van der Waals surface area contributed by atoms with Gasteiger partial charge in [-0.3, -0.25) is 19.3 Å². The van der Waals surface area contributed by atoms with E-state index in [4.69, 9.17) is 9.57 Å². The number of ether oxygens (including phenoxy) is 1. The van der Waals surface area contributed by atoms with Crippen molar-refractivity contribution in [2.75, 3.05) is 18.2 Å². The molecule has 6 rings (SSSR count). The summed E-state index contributed by atoms with van der Waals surface area (Å²) in [4.78, 5) is 62.5. The first-order chi connectivity index (χ1) is 23.5. The highest BCUT2D eigenvalue weighted by atomic mass is 32.2. The molecule has 0 spiro atoms. The number of carbonyl (C=O) groups is 4. The van der Waals surface area contributed by atoms with Crippen LogP contribution in [0.2, 0.25) is 0 Å². The van der Waals surface area contributed by atoms with Crippen LogP contribution >= 0.6 is 23.1 Å². The third-order valence-corrected chi connectivity index (χ3v) is 9.36. The van der Waals surface area contributed by atoms with Gasteiger partial charge in [-0.15, -0.1) is 23.1 Å². The Labute approximate surface area is 282 Å². The van der Waals surface area contributed by atoms with Gasteiger partial charge in [0, 0.05) is 17.3 Å². The molecule has 4 aromatic rings. The summed E-state index contributed by atoms with van der Waals surface area (Å²) < 4.78 is 6.19. The molecule has 48 heavy (non-hydrogen) atoms. The Morgan fingerprint density at radius 3 is 2.42 bits per heavy atom. The van der Waals surface area contributed by atoms with E-state index >= 15 is 0 Å². The van der Waals surface area contributed by atoms with Gasteiger partial charge in [0.1, 0.15) is 29.9 Å². The zero-order chi connectivity index (χ0) is 33.5. The number of nitrogens with one attached hydrogen (secondary N) is 2. The Bertz CT molecular complexity index is 1860. The fraction of sp³-hybridized carbons (Fsp3) is 0.152. The molecule has 242 valence electrons. The molecule has 2 N–H and O–H groups in total. The van der Waals surface area contributed by atoms with Gasteiger partial charge in [-0.25, -0.2) is 9.78 Å². The normalized spacial score (nSPS) is 17.5. The molecular formula is C33H27N7O6S2. The molecule has 0 saturated carbocycles. The highest BCUT2D eigenvalue weighted by Crippen LogP contribution is 2.42. The summed E-state index contributed by atoms with van der Waals surface area (Å²) in [6.07, 6.45) is 4.70.